The lowest BCUT2D eigenvalue weighted by atomic mass is 9.94. The molecule has 0 radical (unpaired) electrons. The lowest BCUT2D eigenvalue weighted by Gasteiger charge is -2.30. The van der Waals surface area contributed by atoms with E-state index in [4.69, 9.17) is 0 Å². The van der Waals surface area contributed by atoms with E-state index >= 15 is 0 Å². The number of rotatable bonds is 6. The van der Waals surface area contributed by atoms with Crippen LogP contribution in [0.15, 0.2) is 30.3 Å². The molecule has 1 atom stereocenters. The largest absolute Gasteiger partial charge is 0.346 e. The van der Waals surface area contributed by atoms with Crippen LogP contribution in [0.4, 0.5) is 8.78 Å². The first-order chi connectivity index (χ1) is 8.35. The van der Waals surface area contributed by atoms with Gasteiger partial charge < -0.3 is 9.64 Å². The quantitative estimate of drug-likeness (QED) is 0.733. The molecule has 0 aromatic heterocycles. The van der Waals surface area contributed by atoms with Gasteiger partial charge in [0.25, 0.3) is 0 Å². The zero-order valence-corrected chi connectivity index (χ0v) is 10.7. The predicted molar refractivity (Wildman–Crippen MR) is 64.8 cm³/mol. The molecule has 18 heavy (non-hydrogen) atoms. The maximum Gasteiger partial charge on any atom is 0.346 e. The van der Waals surface area contributed by atoms with E-state index in [2.05, 4.69) is 4.74 Å². The fraction of sp³-hybridized carbons (Fsp3) is 0.462. The SMILES string of the molecule is CN(C)CC(C)(OC(F)F)C(=O)c1ccccc1. The van der Waals surface area contributed by atoms with Crippen molar-refractivity contribution in [3.63, 3.8) is 0 Å². The van der Waals surface area contributed by atoms with Gasteiger partial charge in [0.1, 0.15) is 5.60 Å². The highest BCUT2D eigenvalue weighted by Crippen LogP contribution is 2.21. The maximum absolute atomic E-state index is 12.5. The lowest BCUT2D eigenvalue weighted by molar-refractivity contribution is -0.188. The van der Waals surface area contributed by atoms with Crippen molar-refractivity contribution in [3.05, 3.63) is 35.9 Å². The molecule has 0 heterocycles. The zero-order valence-electron chi connectivity index (χ0n) is 10.7. The van der Waals surface area contributed by atoms with Gasteiger partial charge in [-0.3, -0.25) is 4.79 Å². The molecule has 5 heteroatoms. The number of halogens is 2. The van der Waals surface area contributed by atoms with Gasteiger partial charge in [-0.2, -0.15) is 8.78 Å². The van der Waals surface area contributed by atoms with Crippen molar-refractivity contribution in [1.29, 1.82) is 0 Å². The summed E-state index contributed by atoms with van der Waals surface area (Å²) in [4.78, 5) is 13.9. The molecular formula is C13H17F2NO2. The monoisotopic (exact) mass is 257 g/mol. The molecule has 3 nitrogen and oxygen atoms in total. The third-order valence-electron chi connectivity index (χ3n) is 2.48. The topological polar surface area (TPSA) is 29.5 Å². The van der Waals surface area contributed by atoms with E-state index < -0.39 is 18.0 Å². The van der Waals surface area contributed by atoms with Gasteiger partial charge in [0.2, 0.25) is 0 Å². The average Bonchev–Trinajstić information content (AvgIpc) is 2.27. The summed E-state index contributed by atoms with van der Waals surface area (Å²) in [6, 6.07) is 8.31. The molecule has 1 aromatic carbocycles. The van der Waals surface area contributed by atoms with E-state index in [-0.39, 0.29) is 6.54 Å². The van der Waals surface area contributed by atoms with Gasteiger partial charge in [-0.15, -0.1) is 0 Å². The Kier molecular flexibility index (Phi) is 4.93. The minimum Gasteiger partial charge on any atom is -0.307 e. The number of Topliss-reactive ketones (excluding diaryl/α,β-unsaturated/α-hetero) is 1. The highest BCUT2D eigenvalue weighted by atomic mass is 19.3. The Morgan fingerprint density at radius 2 is 1.89 bits per heavy atom. The van der Waals surface area contributed by atoms with Crippen LogP contribution >= 0.6 is 0 Å². The molecule has 0 fully saturated rings. The van der Waals surface area contributed by atoms with Crippen molar-refractivity contribution < 1.29 is 18.3 Å². The molecule has 0 spiro atoms. The summed E-state index contributed by atoms with van der Waals surface area (Å²) in [5, 5.41) is 0. The zero-order chi connectivity index (χ0) is 13.8. The summed E-state index contributed by atoms with van der Waals surface area (Å²) in [6.45, 7) is -1.51. The second-order valence-electron chi connectivity index (χ2n) is 4.54. The van der Waals surface area contributed by atoms with Crippen molar-refractivity contribution in [1.82, 2.24) is 4.90 Å². The van der Waals surface area contributed by atoms with E-state index in [1.807, 2.05) is 0 Å². The molecule has 1 aromatic rings. The molecule has 1 unspecified atom stereocenters. The number of ketones is 1. The molecule has 0 N–H and O–H groups in total. The normalized spacial score (nSPS) is 14.8. The van der Waals surface area contributed by atoms with E-state index in [0.717, 1.165) is 0 Å². The van der Waals surface area contributed by atoms with Crippen LogP contribution < -0.4 is 0 Å². The van der Waals surface area contributed by atoms with Crippen LogP contribution in [0.5, 0.6) is 0 Å². The smallest absolute Gasteiger partial charge is 0.307 e. The summed E-state index contributed by atoms with van der Waals surface area (Å²) in [5.74, 6) is -0.447. The van der Waals surface area contributed by atoms with Crippen LogP contribution in [0.2, 0.25) is 0 Å². The number of benzene rings is 1. The Labute approximate surface area is 105 Å². The molecule has 0 bridgehead atoms. The molecule has 0 aliphatic carbocycles. The lowest BCUT2D eigenvalue weighted by Crippen LogP contribution is -2.48. The fourth-order valence-corrected chi connectivity index (χ4v) is 1.86. The van der Waals surface area contributed by atoms with E-state index in [1.54, 1.807) is 49.3 Å². The maximum atomic E-state index is 12.5. The molecule has 0 aliphatic heterocycles. The van der Waals surface area contributed by atoms with Crippen LogP contribution in [0.1, 0.15) is 17.3 Å². The van der Waals surface area contributed by atoms with Crippen molar-refractivity contribution in [3.8, 4) is 0 Å². The standard InChI is InChI=1S/C13H17F2NO2/c1-13(9-16(2)3,18-12(14)15)11(17)10-7-5-4-6-8-10/h4-8,12H,9H2,1-3H3. The molecule has 0 saturated heterocycles. The van der Waals surface area contributed by atoms with Crippen LogP contribution in [-0.4, -0.2) is 43.5 Å². The number of nitrogens with zero attached hydrogens (tertiary/aromatic N) is 1. The Morgan fingerprint density at radius 3 is 2.33 bits per heavy atom. The number of hydrogen-bond acceptors (Lipinski definition) is 3. The van der Waals surface area contributed by atoms with Gasteiger partial charge in [0, 0.05) is 12.1 Å². The second-order valence-corrected chi connectivity index (χ2v) is 4.54. The van der Waals surface area contributed by atoms with Crippen molar-refractivity contribution >= 4 is 5.78 Å². The van der Waals surface area contributed by atoms with Crippen LogP contribution in [0, 0.1) is 0 Å². The van der Waals surface area contributed by atoms with Gasteiger partial charge in [-0.1, -0.05) is 30.3 Å². The molecule has 100 valence electrons. The first-order valence-corrected chi connectivity index (χ1v) is 5.56. The van der Waals surface area contributed by atoms with Crippen molar-refractivity contribution in [2.24, 2.45) is 0 Å². The third-order valence-corrected chi connectivity index (χ3v) is 2.48. The van der Waals surface area contributed by atoms with E-state index in [1.165, 1.54) is 6.92 Å². The third kappa shape index (κ3) is 3.85. The number of ether oxygens (including phenoxy) is 1. The van der Waals surface area contributed by atoms with Gasteiger partial charge in [-0.25, -0.2) is 0 Å². The van der Waals surface area contributed by atoms with Gasteiger partial charge in [-0.05, 0) is 21.0 Å². The fourth-order valence-electron chi connectivity index (χ4n) is 1.86. The molecule has 0 amide bonds. The van der Waals surface area contributed by atoms with Gasteiger partial charge in [0.05, 0.1) is 0 Å². The summed E-state index contributed by atoms with van der Waals surface area (Å²) < 4.78 is 29.5. The Bertz CT molecular complexity index is 383. The first-order valence-electron chi connectivity index (χ1n) is 5.56. The summed E-state index contributed by atoms with van der Waals surface area (Å²) in [6.07, 6.45) is 0. The average molecular weight is 257 g/mol. The summed E-state index contributed by atoms with van der Waals surface area (Å²) in [5.41, 5.74) is -1.19. The molecule has 0 saturated carbocycles. The molecule has 0 aliphatic rings. The highest BCUT2D eigenvalue weighted by Gasteiger charge is 2.38. The number of hydrogen-bond donors (Lipinski definition) is 0. The minimum atomic E-state index is -2.98. The highest BCUT2D eigenvalue weighted by molar-refractivity contribution is 6.02. The Morgan fingerprint density at radius 1 is 1.33 bits per heavy atom. The number of carbonyl (C=O) groups is 1. The number of carbonyl (C=O) groups excluding carboxylic acids is 1. The molecule has 1 rings (SSSR count). The second kappa shape index (κ2) is 6.02. The van der Waals surface area contributed by atoms with Crippen LogP contribution in [-0.2, 0) is 4.74 Å². The Balaban J connectivity index is 2.99. The first kappa shape index (κ1) is 14.7. The van der Waals surface area contributed by atoms with E-state index in [9.17, 15) is 13.6 Å². The number of likely N-dealkylation sites (N-methyl/N-ethyl adjacent to an activating group) is 1. The summed E-state index contributed by atoms with van der Waals surface area (Å²) >= 11 is 0. The van der Waals surface area contributed by atoms with Crippen LogP contribution in [0.25, 0.3) is 0 Å². The Hall–Kier alpha value is -1.33. The molecular weight excluding hydrogens is 240 g/mol. The number of alkyl halides is 2. The summed E-state index contributed by atoms with van der Waals surface area (Å²) in [7, 11) is 3.40. The van der Waals surface area contributed by atoms with Crippen molar-refractivity contribution in [2.75, 3.05) is 20.6 Å². The predicted octanol–water partition coefficient (Wildman–Crippen LogP) is 2.43. The van der Waals surface area contributed by atoms with Crippen LogP contribution in [0.3, 0.4) is 0 Å². The minimum absolute atomic E-state index is 0.0884. The van der Waals surface area contributed by atoms with Gasteiger partial charge in [0.15, 0.2) is 5.78 Å². The van der Waals surface area contributed by atoms with Gasteiger partial charge >= 0.3 is 6.61 Å². The van der Waals surface area contributed by atoms with Crippen molar-refractivity contribution in [2.45, 2.75) is 19.1 Å². The van der Waals surface area contributed by atoms with E-state index in [0.29, 0.717) is 5.56 Å².